The maximum atomic E-state index is 13.1. The Hall–Kier alpha value is -3.05. The van der Waals surface area contributed by atoms with Gasteiger partial charge in [0.15, 0.2) is 0 Å². The number of benzene rings is 2. The molecule has 0 aliphatic carbocycles. The van der Waals surface area contributed by atoms with Gasteiger partial charge in [-0.05, 0) is 36.8 Å². The number of nitro groups is 1. The summed E-state index contributed by atoms with van der Waals surface area (Å²) in [5.74, 6) is -0.336. The fourth-order valence-corrected chi connectivity index (χ4v) is 5.10. The van der Waals surface area contributed by atoms with Crippen molar-refractivity contribution >= 4 is 27.5 Å². The summed E-state index contributed by atoms with van der Waals surface area (Å²) in [5.41, 5.74) is 1.35. The topological polar surface area (TPSA) is 128 Å². The number of nitrogens with one attached hydrogen (secondary N) is 2. The van der Waals surface area contributed by atoms with Gasteiger partial charge in [0, 0.05) is 59.5 Å². The molecular weight excluding hydrogens is 453 g/mol. The van der Waals surface area contributed by atoms with Gasteiger partial charge in [0.2, 0.25) is 0 Å². The molecular formula is C22H24FN3O6S. The van der Waals surface area contributed by atoms with E-state index < -0.39 is 31.4 Å². The van der Waals surface area contributed by atoms with Crippen molar-refractivity contribution in [2.45, 2.75) is 37.3 Å². The molecule has 0 spiro atoms. The zero-order valence-corrected chi connectivity index (χ0v) is 18.9. The number of hydrogen-bond donors (Lipinski definition) is 2. The molecule has 3 unspecified atom stereocenters. The van der Waals surface area contributed by atoms with Crippen molar-refractivity contribution in [1.82, 2.24) is 5.32 Å². The molecule has 3 atom stereocenters. The number of ether oxygens (including phenoxy) is 1. The van der Waals surface area contributed by atoms with Crippen LogP contribution in [0.1, 0.15) is 42.3 Å². The van der Waals surface area contributed by atoms with Crippen molar-refractivity contribution in [3.8, 4) is 0 Å². The summed E-state index contributed by atoms with van der Waals surface area (Å²) in [6.45, 7) is 4.87. The normalized spacial score (nSPS) is 22.1. The highest BCUT2D eigenvalue weighted by molar-refractivity contribution is 7.86. The number of hydrogen-bond acceptors (Lipinski definition) is 7. The van der Waals surface area contributed by atoms with Gasteiger partial charge in [0.1, 0.15) is 0 Å². The number of anilines is 1. The number of rotatable bonds is 6. The van der Waals surface area contributed by atoms with Gasteiger partial charge in [-0.3, -0.25) is 14.9 Å². The molecule has 0 saturated carbocycles. The van der Waals surface area contributed by atoms with E-state index in [9.17, 15) is 27.2 Å². The smallest absolute Gasteiger partial charge is 0.332 e. The van der Waals surface area contributed by atoms with E-state index in [0.717, 1.165) is 29.8 Å². The maximum Gasteiger partial charge on any atom is 0.332 e. The Morgan fingerprint density at radius 2 is 1.97 bits per heavy atom. The summed E-state index contributed by atoms with van der Waals surface area (Å²) in [4.78, 5) is 22.9. The lowest BCUT2D eigenvalue weighted by Crippen LogP contribution is -2.51. The lowest BCUT2D eigenvalue weighted by molar-refractivity contribution is -0.385. The zero-order chi connectivity index (χ0) is 24.0. The Balaban J connectivity index is 1.50. The quantitative estimate of drug-likeness (QED) is 0.370. The molecule has 2 aromatic rings. The maximum absolute atomic E-state index is 13.1. The van der Waals surface area contributed by atoms with E-state index in [-0.39, 0.29) is 29.3 Å². The van der Waals surface area contributed by atoms with Crippen LogP contribution in [0.5, 0.6) is 0 Å². The van der Waals surface area contributed by atoms with Crippen LogP contribution in [0.4, 0.5) is 15.3 Å². The minimum Gasteiger partial charge on any atom is -0.381 e. The third-order valence-corrected chi connectivity index (χ3v) is 7.21. The van der Waals surface area contributed by atoms with E-state index in [1.807, 2.05) is 13.8 Å². The number of non-ortho nitro benzene ring substituents is 1. The Kier molecular flexibility index (Phi) is 5.87. The number of amides is 1. The summed E-state index contributed by atoms with van der Waals surface area (Å²) >= 11 is 0. The molecule has 9 nitrogen and oxygen atoms in total. The molecule has 0 aromatic heterocycles. The minimum atomic E-state index is -4.82. The number of fused-ring (bicyclic) bond motifs is 3. The van der Waals surface area contributed by atoms with Crippen molar-refractivity contribution in [3.63, 3.8) is 0 Å². The predicted octanol–water partition coefficient (Wildman–Crippen LogP) is 3.58. The molecule has 4 rings (SSSR count). The molecule has 0 radical (unpaired) electrons. The molecule has 1 fully saturated rings. The number of nitro benzene ring substituents is 1. The first kappa shape index (κ1) is 23.1. The molecule has 1 amide bonds. The van der Waals surface area contributed by atoms with Crippen molar-refractivity contribution in [2.75, 3.05) is 18.5 Å². The lowest BCUT2D eigenvalue weighted by Gasteiger charge is -2.44. The van der Waals surface area contributed by atoms with Crippen LogP contribution in [0.3, 0.4) is 0 Å². The van der Waals surface area contributed by atoms with Crippen LogP contribution in [-0.2, 0) is 15.0 Å². The van der Waals surface area contributed by atoms with Gasteiger partial charge < -0.3 is 15.4 Å². The summed E-state index contributed by atoms with van der Waals surface area (Å²) in [6.07, 6.45) is 0.511. The number of halogens is 1. The molecule has 33 heavy (non-hydrogen) atoms. The van der Waals surface area contributed by atoms with Gasteiger partial charge in [0.25, 0.3) is 11.6 Å². The Bertz CT molecular complexity index is 1200. The first-order valence-electron chi connectivity index (χ1n) is 10.5. The van der Waals surface area contributed by atoms with Gasteiger partial charge in [-0.15, -0.1) is 3.89 Å². The molecule has 1 saturated heterocycles. The van der Waals surface area contributed by atoms with Crippen LogP contribution in [0.15, 0.2) is 47.4 Å². The Morgan fingerprint density at radius 3 is 2.61 bits per heavy atom. The average Bonchev–Trinajstić information content (AvgIpc) is 3.26. The standard InChI is InChI=1S/C22H24FN3O6S/c1-22(2,12-24-21(27)13-3-6-15(7-4-13)33(23,30)31)20-16-9-10-32-19(16)17-11-14(26(28)29)5-8-18(17)25-20/h3-8,11,16,19-20,25H,9-10,12H2,1-2H3,(H,24,27). The molecule has 2 N–H and O–H groups in total. The molecule has 2 aliphatic heterocycles. The van der Waals surface area contributed by atoms with Crippen LogP contribution in [-0.4, -0.2) is 38.4 Å². The van der Waals surface area contributed by atoms with E-state index in [0.29, 0.717) is 13.2 Å². The highest BCUT2D eigenvalue weighted by Gasteiger charge is 2.47. The molecule has 11 heteroatoms. The van der Waals surface area contributed by atoms with Crippen LogP contribution < -0.4 is 10.6 Å². The average molecular weight is 478 g/mol. The van der Waals surface area contributed by atoms with Gasteiger partial charge in [-0.2, -0.15) is 8.42 Å². The van der Waals surface area contributed by atoms with E-state index in [1.54, 1.807) is 12.1 Å². The summed E-state index contributed by atoms with van der Waals surface area (Å²) in [5, 5.41) is 17.6. The van der Waals surface area contributed by atoms with E-state index in [1.165, 1.54) is 18.2 Å². The molecule has 2 aliphatic rings. The summed E-state index contributed by atoms with van der Waals surface area (Å²) in [7, 11) is -4.82. The Morgan fingerprint density at radius 1 is 1.27 bits per heavy atom. The van der Waals surface area contributed by atoms with E-state index in [4.69, 9.17) is 4.74 Å². The predicted molar refractivity (Wildman–Crippen MR) is 118 cm³/mol. The molecule has 2 heterocycles. The monoisotopic (exact) mass is 477 g/mol. The van der Waals surface area contributed by atoms with Crippen molar-refractivity contribution in [2.24, 2.45) is 11.3 Å². The third kappa shape index (κ3) is 4.55. The van der Waals surface area contributed by atoms with E-state index in [2.05, 4.69) is 10.6 Å². The lowest BCUT2D eigenvalue weighted by atomic mass is 9.71. The Labute approximate surface area is 190 Å². The summed E-state index contributed by atoms with van der Waals surface area (Å²) in [6, 6.07) is 9.25. The number of carbonyl (C=O) groups excluding carboxylic acids is 1. The van der Waals surface area contributed by atoms with Crippen molar-refractivity contribution in [3.05, 3.63) is 63.7 Å². The van der Waals surface area contributed by atoms with Crippen molar-refractivity contribution < 1.29 is 26.8 Å². The highest BCUT2D eigenvalue weighted by atomic mass is 32.3. The molecule has 2 aromatic carbocycles. The second-order valence-electron chi connectivity index (χ2n) is 9.03. The van der Waals surface area contributed by atoms with Gasteiger partial charge in [-0.1, -0.05) is 13.8 Å². The fourth-order valence-electron chi connectivity index (χ4n) is 4.64. The van der Waals surface area contributed by atoms with Crippen LogP contribution in [0.25, 0.3) is 0 Å². The van der Waals surface area contributed by atoms with Crippen LogP contribution in [0.2, 0.25) is 0 Å². The SMILES string of the molecule is CC(C)(CNC(=O)c1ccc(S(=O)(=O)F)cc1)C1Nc2ccc([N+](=O)[O-])cc2C2OCCC21. The summed E-state index contributed by atoms with van der Waals surface area (Å²) < 4.78 is 40.9. The van der Waals surface area contributed by atoms with E-state index >= 15 is 0 Å². The zero-order valence-electron chi connectivity index (χ0n) is 18.1. The second kappa shape index (κ2) is 8.38. The number of carbonyl (C=O) groups is 1. The van der Waals surface area contributed by atoms with Gasteiger partial charge in [-0.25, -0.2) is 0 Å². The first-order chi connectivity index (χ1) is 15.5. The minimum absolute atomic E-state index is 0.0151. The van der Waals surface area contributed by atoms with Crippen molar-refractivity contribution in [1.29, 1.82) is 0 Å². The number of nitrogens with zero attached hydrogens (tertiary/aromatic N) is 1. The first-order valence-corrected chi connectivity index (χ1v) is 11.8. The second-order valence-corrected chi connectivity index (χ2v) is 10.4. The van der Waals surface area contributed by atoms with Crippen LogP contribution in [0, 0.1) is 21.4 Å². The highest BCUT2D eigenvalue weighted by Crippen LogP contribution is 2.49. The van der Waals surface area contributed by atoms with Crippen LogP contribution >= 0.6 is 0 Å². The van der Waals surface area contributed by atoms with Gasteiger partial charge >= 0.3 is 10.2 Å². The van der Waals surface area contributed by atoms with Gasteiger partial charge in [0.05, 0.1) is 15.9 Å². The fraction of sp³-hybridized carbons (Fsp3) is 0.409. The third-order valence-electron chi connectivity index (χ3n) is 6.37. The largest absolute Gasteiger partial charge is 0.381 e. The molecule has 176 valence electrons. The molecule has 0 bridgehead atoms.